The van der Waals surface area contributed by atoms with Crippen LogP contribution in [0.1, 0.15) is 18.4 Å². The molecule has 0 bridgehead atoms. The van der Waals surface area contributed by atoms with Gasteiger partial charge in [0.25, 0.3) is 0 Å². The Bertz CT molecular complexity index is 1100. The molecule has 0 aliphatic carbocycles. The molecule has 0 saturated carbocycles. The van der Waals surface area contributed by atoms with Crippen molar-refractivity contribution >= 4 is 11.6 Å². The molecule has 178 valence electrons. The van der Waals surface area contributed by atoms with Crippen LogP contribution in [-0.4, -0.2) is 39.3 Å². The van der Waals surface area contributed by atoms with Crippen molar-refractivity contribution in [2.24, 2.45) is 5.41 Å². The number of rotatable bonds is 9. The van der Waals surface area contributed by atoms with Gasteiger partial charge in [0, 0.05) is 37.6 Å². The predicted molar refractivity (Wildman–Crippen MR) is 133 cm³/mol. The minimum atomic E-state index is -0.532. The van der Waals surface area contributed by atoms with Gasteiger partial charge in [0.05, 0.1) is 12.5 Å². The molecule has 1 saturated heterocycles. The van der Waals surface area contributed by atoms with E-state index in [0.29, 0.717) is 56.9 Å². The fourth-order valence-electron chi connectivity index (χ4n) is 4.52. The molecule has 1 amide bonds. The van der Waals surface area contributed by atoms with Crippen LogP contribution in [0.2, 0.25) is 0 Å². The summed E-state index contributed by atoms with van der Waals surface area (Å²) in [4.78, 5) is 13.4. The van der Waals surface area contributed by atoms with Crippen LogP contribution in [0, 0.1) is 11.2 Å². The molecule has 4 rings (SSSR count). The van der Waals surface area contributed by atoms with Crippen LogP contribution < -0.4 is 15.4 Å². The van der Waals surface area contributed by atoms with Crippen LogP contribution >= 0.6 is 0 Å². The van der Waals surface area contributed by atoms with E-state index in [1.807, 2.05) is 54.6 Å². The summed E-state index contributed by atoms with van der Waals surface area (Å²) in [5.74, 6) is 0.355. The first-order chi connectivity index (χ1) is 16.6. The fourth-order valence-corrected chi connectivity index (χ4v) is 4.52. The van der Waals surface area contributed by atoms with Crippen molar-refractivity contribution in [1.82, 2.24) is 5.32 Å². The minimum Gasteiger partial charge on any atom is -0.496 e. The smallest absolute Gasteiger partial charge is 0.226 e. The van der Waals surface area contributed by atoms with Crippen LogP contribution in [-0.2, 0) is 16.0 Å². The standard InChI is InChI=1S/C28H31FN2O3/c1-33-26-11-10-23(29)19-25(26)22-7-5-6-21(18-22)20-28(12-16-34-17-13-28)27(32)31-15-14-30-24-8-3-2-4-9-24/h2-11,18-19,30H,12-17,20H2,1H3,(H,31,32). The quantitative estimate of drug-likeness (QED) is 0.436. The molecule has 0 unspecified atom stereocenters. The van der Waals surface area contributed by atoms with E-state index in [0.717, 1.165) is 16.8 Å². The van der Waals surface area contributed by atoms with Crippen LogP contribution in [0.4, 0.5) is 10.1 Å². The summed E-state index contributed by atoms with van der Waals surface area (Å²) in [6, 6.07) is 22.4. The van der Waals surface area contributed by atoms with Gasteiger partial charge in [-0.1, -0.05) is 42.5 Å². The summed E-state index contributed by atoms with van der Waals surface area (Å²) in [6.07, 6.45) is 1.93. The highest BCUT2D eigenvalue weighted by molar-refractivity contribution is 5.83. The highest BCUT2D eigenvalue weighted by Gasteiger charge is 2.40. The van der Waals surface area contributed by atoms with Crippen molar-refractivity contribution in [3.8, 4) is 16.9 Å². The van der Waals surface area contributed by atoms with Gasteiger partial charge < -0.3 is 20.1 Å². The van der Waals surface area contributed by atoms with Crippen molar-refractivity contribution in [3.63, 3.8) is 0 Å². The van der Waals surface area contributed by atoms with Crippen molar-refractivity contribution in [1.29, 1.82) is 0 Å². The summed E-state index contributed by atoms with van der Waals surface area (Å²) < 4.78 is 25.0. The topological polar surface area (TPSA) is 59.6 Å². The third-order valence-electron chi connectivity index (χ3n) is 6.39. The van der Waals surface area contributed by atoms with E-state index in [1.54, 1.807) is 13.2 Å². The summed E-state index contributed by atoms with van der Waals surface area (Å²) >= 11 is 0. The Hall–Kier alpha value is -3.38. The molecule has 0 aromatic heterocycles. The monoisotopic (exact) mass is 462 g/mol. The molecule has 3 aromatic carbocycles. The molecule has 1 aliphatic heterocycles. The van der Waals surface area contributed by atoms with E-state index in [2.05, 4.69) is 10.6 Å². The Morgan fingerprint density at radius 3 is 2.56 bits per heavy atom. The average molecular weight is 463 g/mol. The molecule has 0 atom stereocenters. The number of ether oxygens (including phenoxy) is 2. The molecule has 1 aliphatic rings. The van der Waals surface area contributed by atoms with Gasteiger partial charge in [0.2, 0.25) is 5.91 Å². The van der Waals surface area contributed by atoms with Crippen LogP contribution in [0.25, 0.3) is 11.1 Å². The van der Waals surface area contributed by atoms with Gasteiger partial charge in [-0.2, -0.15) is 0 Å². The van der Waals surface area contributed by atoms with Gasteiger partial charge in [-0.15, -0.1) is 0 Å². The van der Waals surface area contributed by atoms with Gasteiger partial charge in [-0.25, -0.2) is 4.39 Å². The van der Waals surface area contributed by atoms with E-state index >= 15 is 0 Å². The van der Waals surface area contributed by atoms with E-state index in [4.69, 9.17) is 9.47 Å². The largest absolute Gasteiger partial charge is 0.496 e. The first-order valence-electron chi connectivity index (χ1n) is 11.7. The molecular weight excluding hydrogens is 431 g/mol. The summed E-state index contributed by atoms with van der Waals surface area (Å²) in [5, 5.41) is 6.45. The maximum absolute atomic E-state index is 13.9. The Labute approximate surface area is 200 Å². The molecule has 5 nitrogen and oxygen atoms in total. The lowest BCUT2D eigenvalue weighted by Gasteiger charge is -2.36. The van der Waals surface area contributed by atoms with Crippen molar-refractivity contribution in [2.45, 2.75) is 19.3 Å². The fraction of sp³-hybridized carbons (Fsp3) is 0.321. The molecule has 1 heterocycles. The third-order valence-corrected chi connectivity index (χ3v) is 6.39. The maximum Gasteiger partial charge on any atom is 0.226 e. The second-order valence-electron chi connectivity index (χ2n) is 8.66. The second kappa shape index (κ2) is 11.2. The van der Waals surface area contributed by atoms with E-state index < -0.39 is 5.41 Å². The number of para-hydroxylation sites is 1. The lowest BCUT2D eigenvalue weighted by atomic mass is 9.74. The zero-order valence-corrected chi connectivity index (χ0v) is 19.5. The number of amides is 1. The van der Waals surface area contributed by atoms with Gasteiger partial charge in [-0.05, 0) is 60.7 Å². The first-order valence-corrected chi connectivity index (χ1v) is 11.7. The minimum absolute atomic E-state index is 0.0550. The van der Waals surface area contributed by atoms with Crippen LogP contribution in [0.15, 0.2) is 72.8 Å². The number of hydrogen-bond acceptors (Lipinski definition) is 4. The molecule has 3 aromatic rings. The third kappa shape index (κ3) is 5.75. The Morgan fingerprint density at radius 2 is 1.79 bits per heavy atom. The summed E-state index contributed by atoms with van der Waals surface area (Å²) in [5.41, 5.74) is 3.09. The lowest BCUT2D eigenvalue weighted by molar-refractivity contribution is -0.136. The number of hydrogen-bond donors (Lipinski definition) is 2. The molecule has 1 fully saturated rings. The predicted octanol–water partition coefficient (Wildman–Crippen LogP) is 5.07. The Morgan fingerprint density at radius 1 is 1.00 bits per heavy atom. The van der Waals surface area contributed by atoms with Gasteiger partial charge in [0.15, 0.2) is 0 Å². The van der Waals surface area contributed by atoms with Crippen molar-refractivity contribution < 1.29 is 18.7 Å². The Kier molecular flexibility index (Phi) is 7.80. The lowest BCUT2D eigenvalue weighted by Crippen LogP contribution is -2.47. The second-order valence-corrected chi connectivity index (χ2v) is 8.66. The van der Waals surface area contributed by atoms with E-state index in [1.165, 1.54) is 12.1 Å². The molecule has 34 heavy (non-hydrogen) atoms. The normalized spacial score (nSPS) is 14.9. The zero-order chi connectivity index (χ0) is 23.8. The maximum atomic E-state index is 13.9. The highest BCUT2D eigenvalue weighted by atomic mass is 19.1. The number of anilines is 1. The zero-order valence-electron chi connectivity index (χ0n) is 19.5. The molecule has 6 heteroatoms. The summed E-state index contributed by atoms with van der Waals surface area (Å²) in [7, 11) is 1.58. The molecule has 0 spiro atoms. The number of nitrogens with one attached hydrogen (secondary N) is 2. The van der Waals surface area contributed by atoms with E-state index in [-0.39, 0.29) is 11.7 Å². The van der Waals surface area contributed by atoms with Crippen molar-refractivity contribution in [3.05, 3.63) is 84.2 Å². The average Bonchev–Trinajstić information content (AvgIpc) is 2.88. The number of methoxy groups -OCH3 is 1. The highest BCUT2D eigenvalue weighted by Crippen LogP contribution is 2.37. The molecular formula is C28H31FN2O3. The molecule has 2 N–H and O–H groups in total. The van der Waals surface area contributed by atoms with Gasteiger partial charge in [0.1, 0.15) is 11.6 Å². The Balaban J connectivity index is 1.47. The van der Waals surface area contributed by atoms with E-state index in [9.17, 15) is 9.18 Å². The SMILES string of the molecule is COc1ccc(F)cc1-c1cccc(CC2(C(=O)NCCNc3ccccc3)CCOCC2)c1. The first kappa shape index (κ1) is 23.8. The van der Waals surface area contributed by atoms with Gasteiger partial charge in [-0.3, -0.25) is 4.79 Å². The summed E-state index contributed by atoms with van der Waals surface area (Å²) in [6.45, 7) is 2.31. The van der Waals surface area contributed by atoms with Crippen LogP contribution in [0.3, 0.4) is 0 Å². The number of benzene rings is 3. The molecule has 0 radical (unpaired) electrons. The number of halogens is 1. The van der Waals surface area contributed by atoms with Crippen LogP contribution in [0.5, 0.6) is 5.75 Å². The van der Waals surface area contributed by atoms with Crippen molar-refractivity contribution in [2.75, 3.05) is 38.7 Å². The number of carbonyl (C=O) groups excluding carboxylic acids is 1. The number of carbonyl (C=O) groups is 1. The van der Waals surface area contributed by atoms with Gasteiger partial charge >= 0.3 is 0 Å².